The Bertz CT molecular complexity index is 105. The standard InChI is InChI=1S/C10H23O2Si/c1-6-7-13-10(11-8(2)3)12-9(4)5/h7-10H,6,13H2,1-5H3. The summed E-state index contributed by atoms with van der Waals surface area (Å²) in [6.07, 6.45) is 1.66. The van der Waals surface area contributed by atoms with Gasteiger partial charge >= 0.3 is 0 Å². The van der Waals surface area contributed by atoms with Crippen molar-refractivity contribution in [3.63, 3.8) is 0 Å². The minimum absolute atomic E-state index is 0.0694. The molecule has 0 aromatic carbocycles. The van der Waals surface area contributed by atoms with Gasteiger partial charge in [0.05, 0.1) is 21.7 Å². The number of ether oxygens (including phenoxy) is 2. The van der Waals surface area contributed by atoms with Crippen LogP contribution in [0.25, 0.3) is 0 Å². The van der Waals surface area contributed by atoms with Crippen molar-refractivity contribution >= 4 is 9.52 Å². The van der Waals surface area contributed by atoms with E-state index in [-0.39, 0.29) is 27.6 Å². The first-order chi connectivity index (χ1) is 6.06. The van der Waals surface area contributed by atoms with Gasteiger partial charge < -0.3 is 9.47 Å². The minimum atomic E-state index is -0.330. The number of rotatable bonds is 7. The second kappa shape index (κ2) is 7.53. The number of hydrogen-bond acceptors (Lipinski definition) is 2. The summed E-state index contributed by atoms with van der Waals surface area (Å²) >= 11 is 0. The molecule has 0 unspecified atom stereocenters. The van der Waals surface area contributed by atoms with E-state index in [2.05, 4.69) is 40.7 Å². The molecule has 0 aliphatic carbocycles. The zero-order valence-electron chi connectivity index (χ0n) is 9.54. The van der Waals surface area contributed by atoms with Gasteiger partial charge in [0.2, 0.25) is 0 Å². The molecule has 1 radical (unpaired) electrons. The van der Waals surface area contributed by atoms with Gasteiger partial charge in [-0.15, -0.1) is 0 Å². The van der Waals surface area contributed by atoms with Crippen LogP contribution in [0.1, 0.15) is 41.0 Å². The highest BCUT2D eigenvalue weighted by Gasteiger charge is 2.12. The molecule has 2 nitrogen and oxygen atoms in total. The smallest absolute Gasteiger partial charge is 0.135 e. The third-order valence-electron chi connectivity index (χ3n) is 1.50. The zero-order valence-corrected chi connectivity index (χ0v) is 11.0. The van der Waals surface area contributed by atoms with Gasteiger partial charge in [0.1, 0.15) is 5.91 Å². The Kier molecular flexibility index (Phi) is 7.61. The fourth-order valence-electron chi connectivity index (χ4n) is 1.05. The van der Waals surface area contributed by atoms with Gasteiger partial charge in [0.25, 0.3) is 0 Å². The second-order valence-corrected chi connectivity index (χ2v) is 5.45. The van der Waals surface area contributed by atoms with Crippen molar-refractivity contribution in [1.82, 2.24) is 0 Å². The first-order valence-corrected chi connectivity index (χ1v) is 6.82. The lowest BCUT2D eigenvalue weighted by atomic mass is 10.5. The van der Waals surface area contributed by atoms with Crippen LogP contribution in [0.5, 0.6) is 0 Å². The van der Waals surface area contributed by atoms with Crippen molar-refractivity contribution in [3.05, 3.63) is 6.04 Å². The molecule has 0 spiro atoms. The summed E-state index contributed by atoms with van der Waals surface area (Å²) in [4.78, 5) is 0. The van der Waals surface area contributed by atoms with Gasteiger partial charge in [-0.25, -0.2) is 0 Å². The van der Waals surface area contributed by atoms with Crippen LogP contribution in [-0.2, 0) is 9.47 Å². The SMILES string of the molecule is CC[CH][SiH2]C(OC(C)C)OC(C)C. The molecular weight excluding hydrogens is 180 g/mol. The first-order valence-electron chi connectivity index (χ1n) is 5.18. The van der Waals surface area contributed by atoms with Gasteiger partial charge in [0.15, 0.2) is 0 Å². The lowest BCUT2D eigenvalue weighted by Crippen LogP contribution is -2.30. The quantitative estimate of drug-likeness (QED) is 0.464. The molecule has 79 valence electrons. The molecule has 0 heterocycles. The topological polar surface area (TPSA) is 18.5 Å². The second-order valence-electron chi connectivity index (χ2n) is 3.73. The predicted molar refractivity (Wildman–Crippen MR) is 59.4 cm³/mol. The van der Waals surface area contributed by atoms with Crippen LogP contribution >= 0.6 is 0 Å². The minimum Gasteiger partial charge on any atom is -0.354 e. The molecule has 0 saturated heterocycles. The van der Waals surface area contributed by atoms with Gasteiger partial charge in [-0.05, 0) is 33.7 Å². The summed E-state index contributed by atoms with van der Waals surface area (Å²) in [5, 5.41) is 0. The fraction of sp³-hybridized carbons (Fsp3) is 0.900. The largest absolute Gasteiger partial charge is 0.354 e. The lowest BCUT2D eigenvalue weighted by molar-refractivity contribution is -0.133. The third-order valence-corrected chi connectivity index (χ3v) is 3.18. The van der Waals surface area contributed by atoms with Gasteiger partial charge in [-0.3, -0.25) is 0 Å². The zero-order chi connectivity index (χ0) is 10.3. The number of hydrogen-bond donors (Lipinski definition) is 0. The molecule has 0 aromatic heterocycles. The van der Waals surface area contributed by atoms with Crippen LogP contribution in [-0.4, -0.2) is 27.6 Å². The molecule has 0 amide bonds. The highest BCUT2D eigenvalue weighted by atomic mass is 28.2. The molecule has 0 fully saturated rings. The molecule has 0 aromatic rings. The van der Waals surface area contributed by atoms with E-state index in [1.165, 1.54) is 0 Å². The average molecular weight is 203 g/mol. The van der Waals surface area contributed by atoms with E-state index in [0.717, 1.165) is 6.42 Å². The van der Waals surface area contributed by atoms with Crippen molar-refractivity contribution in [2.45, 2.75) is 59.2 Å². The monoisotopic (exact) mass is 203 g/mol. The summed E-state index contributed by atoms with van der Waals surface area (Å²) in [6.45, 7) is 10.4. The molecule has 0 N–H and O–H groups in total. The summed E-state index contributed by atoms with van der Waals surface area (Å²) in [6, 6.07) is 2.33. The van der Waals surface area contributed by atoms with E-state index in [1.54, 1.807) is 0 Å². The first kappa shape index (κ1) is 13.1. The van der Waals surface area contributed by atoms with E-state index in [0.29, 0.717) is 0 Å². The van der Waals surface area contributed by atoms with Crippen LogP contribution in [0, 0.1) is 6.04 Å². The molecule has 13 heavy (non-hydrogen) atoms. The molecule has 0 bridgehead atoms. The predicted octanol–water partition coefficient (Wildman–Crippen LogP) is 1.86. The highest BCUT2D eigenvalue weighted by molar-refractivity contribution is 6.41. The summed E-state index contributed by atoms with van der Waals surface area (Å²) in [7, 11) is -0.330. The van der Waals surface area contributed by atoms with Gasteiger partial charge in [-0.2, -0.15) is 0 Å². The molecule has 0 aliphatic rings. The summed E-state index contributed by atoms with van der Waals surface area (Å²) in [5.74, 6) is 0.0694. The molecule has 0 saturated carbocycles. The Hall–Kier alpha value is 0.137. The van der Waals surface area contributed by atoms with Crippen molar-refractivity contribution in [2.75, 3.05) is 0 Å². The van der Waals surface area contributed by atoms with Crippen molar-refractivity contribution in [1.29, 1.82) is 0 Å². The highest BCUT2D eigenvalue weighted by Crippen LogP contribution is 2.04. The van der Waals surface area contributed by atoms with Crippen molar-refractivity contribution < 1.29 is 9.47 Å². The molecule has 0 rings (SSSR count). The molecule has 0 aliphatic heterocycles. The van der Waals surface area contributed by atoms with Gasteiger partial charge in [-0.1, -0.05) is 13.3 Å². The Morgan fingerprint density at radius 2 is 1.54 bits per heavy atom. The van der Waals surface area contributed by atoms with E-state index in [4.69, 9.17) is 9.47 Å². The Morgan fingerprint density at radius 3 is 1.85 bits per heavy atom. The molecule has 3 heteroatoms. The van der Waals surface area contributed by atoms with Crippen LogP contribution in [0.15, 0.2) is 0 Å². The lowest BCUT2D eigenvalue weighted by Gasteiger charge is -2.22. The average Bonchev–Trinajstić information content (AvgIpc) is 1.98. The maximum atomic E-state index is 5.67. The van der Waals surface area contributed by atoms with Crippen molar-refractivity contribution in [3.8, 4) is 0 Å². The Morgan fingerprint density at radius 1 is 1.08 bits per heavy atom. The van der Waals surface area contributed by atoms with Crippen LogP contribution < -0.4 is 0 Å². The molecular formula is C10H23O2Si. The molecule has 0 atom stereocenters. The van der Waals surface area contributed by atoms with E-state index >= 15 is 0 Å². The van der Waals surface area contributed by atoms with Crippen LogP contribution in [0.4, 0.5) is 0 Å². The van der Waals surface area contributed by atoms with E-state index in [9.17, 15) is 0 Å². The van der Waals surface area contributed by atoms with Crippen LogP contribution in [0.2, 0.25) is 0 Å². The summed E-state index contributed by atoms with van der Waals surface area (Å²) < 4.78 is 11.3. The normalized spacial score (nSPS) is 12.9. The van der Waals surface area contributed by atoms with Crippen molar-refractivity contribution in [2.24, 2.45) is 0 Å². The fourth-order valence-corrected chi connectivity index (χ4v) is 2.65. The van der Waals surface area contributed by atoms with Gasteiger partial charge in [0, 0.05) is 0 Å². The maximum absolute atomic E-state index is 5.67. The third kappa shape index (κ3) is 8.47. The Labute approximate surface area is 84.8 Å². The van der Waals surface area contributed by atoms with E-state index in [1.807, 2.05) is 0 Å². The summed E-state index contributed by atoms with van der Waals surface area (Å²) in [5.41, 5.74) is 0. The maximum Gasteiger partial charge on any atom is 0.135 e. The Balaban J connectivity index is 3.73. The van der Waals surface area contributed by atoms with E-state index < -0.39 is 0 Å². The van der Waals surface area contributed by atoms with Crippen LogP contribution in [0.3, 0.4) is 0 Å².